The smallest absolute Gasteiger partial charge is 0.312 e. The Morgan fingerprint density at radius 3 is 2.76 bits per heavy atom. The molecular formula is C11H14ClN3O2. The number of nitrogens with zero attached hydrogens (tertiary/aromatic N) is 2. The second-order valence-electron chi connectivity index (χ2n) is 4.90. The molecule has 2 rings (SSSR count). The minimum absolute atomic E-state index is 0.0776. The SMILES string of the molecule is CC(C)(Nc1ncc(Cl)cc1[N+](=O)[O-])C1CC1. The first-order valence-electron chi connectivity index (χ1n) is 5.48. The molecule has 1 fully saturated rings. The maximum Gasteiger partial charge on any atom is 0.312 e. The lowest BCUT2D eigenvalue weighted by Gasteiger charge is -2.26. The van der Waals surface area contributed by atoms with Crippen molar-refractivity contribution >= 4 is 23.1 Å². The maximum atomic E-state index is 10.9. The highest BCUT2D eigenvalue weighted by atomic mass is 35.5. The van der Waals surface area contributed by atoms with Crippen LogP contribution >= 0.6 is 11.6 Å². The number of halogens is 1. The van der Waals surface area contributed by atoms with Gasteiger partial charge in [0.15, 0.2) is 0 Å². The third-order valence-electron chi connectivity index (χ3n) is 3.07. The van der Waals surface area contributed by atoms with Crippen molar-refractivity contribution in [3.05, 3.63) is 27.4 Å². The number of nitro groups is 1. The zero-order valence-corrected chi connectivity index (χ0v) is 10.5. The number of hydrogen-bond acceptors (Lipinski definition) is 4. The van der Waals surface area contributed by atoms with Crippen LogP contribution < -0.4 is 5.32 Å². The Kier molecular flexibility index (Phi) is 2.95. The minimum atomic E-state index is -0.468. The third-order valence-corrected chi connectivity index (χ3v) is 3.28. The van der Waals surface area contributed by atoms with E-state index in [1.807, 2.05) is 13.8 Å². The van der Waals surface area contributed by atoms with Gasteiger partial charge >= 0.3 is 5.69 Å². The molecule has 0 radical (unpaired) electrons. The van der Waals surface area contributed by atoms with Crippen LogP contribution in [0.3, 0.4) is 0 Å². The summed E-state index contributed by atoms with van der Waals surface area (Å²) >= 11 is 5.71. The van der Waals surface area contributed by atoms with Crippen LogP contribution in [-0.2, 0) is 0 Å². The molecule has 0 amide bonds. The van der Waals surface area contributed by atoms with E-state index >= 15 is 0 Å². The highest BCUT2D eigenvalue weighted by molar-refractivity contribution is 6.30. The van der Waals surface area contributed by atoms with E-state index in [1.54, 1.807) is 0 Å². The van der Waals surface area contributed by atoms with E-state index in [9.17, 15) is 10.1 Å². The number of pyridine rings is 1. The van der Waals surface area contributed by atoms with Crippen LogP contribution in [0.5, 0.6) is 0 Å². The van der Waals surface area contributed by atoms with Gasteiger partial charge in [0.1, 0.15) is 0 Å². The Morgan fingerprint density at radius 1 is 1.59 bits per heavy atom. The first-order valence-corrected chi connectivity index (χ1v) is 5.86. The average molecular weight is 256 g/mol. The molecule has 1 heterocycles. The number of anilines is 1. The summed E-state index contributed by atoms with van der Waals surface area (Å²) in [5.74, 6) is 0.843. The Labute approximate surface area is 104 Å². The van der Waals surface area contributed by atoms with E-state index in [2.05, 4.69) is 10.3 Å². The Bertz CT molecular complexity index is 458. The molecule has 1 aliphatic carbocycles. The van der Waals surface area contributed by atoms with Gasteiger partial charge in [-0.2, -0.15) is 0 Å². The van der Waals surface area contributed by atoms with Gasteiger partial charge in [-0.05, 0) is 32.6 Å². The molecule has 0 spiro atoms. The van der Waals surface area contributed by atoms with Gasteiger partial charge in [-0.1, -0.05) is 11.6 Å². The normalized spacial score (nSPS) is 15.7. The molecule has 0 aliphatic heterocycles. The summed E-state index contributed by atoms with van der Waals surface area (Å²) in [5.41, 5.74) is -0.253. The molecule has 6 heteroatoms. The fourth-order valence-electron chi connectivity index (χ4n) is 1.88. The van der Waals surface area contributed by atoms with Crippen molar-refractivity contribution < 1.29 is 4.92 Å². The van der Waals surface area contributed by atoms with Gasteiger partial charge in [-0.15, -0.1) is 0 Å². The van der Waals surface area contributed by atoms with E-state index in [0.717, 1.165) is 12.8 Å². The largest absolute Gasteiger partial charge is 0.359 e. The number of rotatable bonds is 4. The van der Waals surface area contributed by atoms with Gasteiger partial charge in [-0.25, -0.2) is 4.98 Å². The van der Waals surface area contributed by atoms with Crippen molar-refractivity contribution in [3.63, 3.8) is 0 Å². The van der Waals surface area contributed by atoms with Crippen molar-refractivity contribution in [1.29, 1.82) is 0 Å². The van der Waals surface area contributed by atoms with Gasteiger partial charge in [0.25, 0.3) is 0 Å². The zero-order valence-electron chi connectivity index (χ0n) is 9.74. The summed E-state index contributed by atoms with van der Waals surface area (Å²) in [6, 6.07) is 1.32. The molecule has 0 atom stereocenters. The molecule has 17 heavy (non-hydrogen) atoms. The van der Waals surface area contributed by atoms with Crippen molar-refractivity contribution in [2.45, 2.75) is 32.2 Å². The molecule has 0 unspecified atom stereocenters. The lowest BCUT2D eigenvalue weighted by Crippen LogP contribution is -2.34. The summed E-state index contributed by atoms with van der Waals surface area (Å²) in [6.45, 7) is 4.06. The van der Waals surface area contributed by atoms with Crippen LogP contribution in [0, 0.1) is 16.0 Å². The highest BCUT2D eigenvalue weighted by Crippen LogP contribution is 2.42. The van der Waals surface area contributed by atoms with Crippen molar-refractivity contribution in [1.82, 2.24) is 4.98 Å². The van der Waals surface area contributed by atoms with Gasteiger partial charge in [0.2, 0.25) is 5.82 Å². The van der Waals surface area contributed by atoms with Gasteiger partial charge in [0, 0.05) is 17.8 Å². The zero-order chi connectivity index (χ0) is 12.6. The summed E-state index contributed by atoms with van der Waals surface area (Å²) in [4.78, 5) is 14.5. The van der Waals surface area contributed by atoms with Gasteiger partial charge in [-0.3, -0.25) is 10.1 Å². The van der Waals surface area contributed by atoms with Crippen molar-refractivity contribution in [3.8, 4) is 0 Å². The van der Waals surface area contributed by atoms with Crippen LogP contribution in [0.2, 0.25) is 5.02 Å². The molecule has 0 aromatic carbocycles. The predicted octanol–water partition coefficient (Wildman–Crippen LogP) is 3.24. The molecule has 1 aromatic rings. The molecule has 1 N–H and O–H groups in total. The lowest BCUT2D eigenvalue weighted by atomic mass is 9.99. The summed E-state index contributed by atoms with van der Waals surface area (Å²) < 4.78 is 0. The third kappa shape index (κ3) is 2.66. The molecular weight excluding hydrogens is 242 g/mol. The minimum Gasteiger partial charge on any atom is -0.359 e. The molecule has 0 saturated heterocycles. The molecule has 1 aromatic heterocycles. The summed E-state index contributed by atoms with van der Waals surface area (Å²) in [7, 11) is 0. The van der Waals surface area contributed by atoms with E-state index < -0.39 is 4.92 Å². The maximum absolute atomic E-state index is 10.9. The van der Waals surface area contributed by atoms with Crippen molar-refractivity contribution in [2.75, 3.05) is 5.32 Å². The fourth-order valence-corrected chi connectivity index (χ4v) is 2.03. The van der Waals surface area contributed by atoms with E-state index in [4.69, 9.17) is 11.6 Å². The van der Waals surface area contributed by atoms with E-state index in [-0.39, 0.29) is 22.1 Å². The van der Waals surface area contributed by atoms with Gasteiger partial charge in [0.05, 0.1) is 9.95 Å². The molecule has 1 saturated carbocycles. The highest BCUT2D eigenvalue weighted by Gasteiger charge is 2.39. The Morgan fingerprint density at radius 2 is 2.24 bits per heavy atom. The number of aromatic nitrogens is 1. The topological polar surface area (TPSA) is 68.1 Å². The lowest BCUT2D eigenvalue weighted by molar-refractivity contribution is -0.384. The van der Waals surface area contributed by atoms with Crippen LogP contribution in [0.25, 0.3) is 0 Å². The Balaban J connectivity index is 2.28. The molecule has 92 valence electrons. The van der Waals surface area contributed by atoms with Gasteiger partial charge < -0.3 is 5.32 Å². The molecule has 5 nitrogen and oxygen atoms in total. The van der Waals surface area contributed by atoms with Crippen LogP contribution in [0.1, 0.15) is 26.7 Å². The molecule has 1 aliphatic rings. The summed E-state index contributed by atoms with van der Waals surface area (Å²) in [6.07, 6.45) is 3.72. The standard InChI is InChI=1S/C11H14ClN3O2/c1-11(2,7-3-4-7)14-10-9(15(16)17)5-8(12)6-13-10/h5-7H,3-4H2,1-2H3,(H,13,14). The average Bonchev–Trinajstić information content (AvgIpc) is 3.03. The van der Waals surface area contributed by atoms with E-state index in [1.165, 1.54) is 12.3 Å². The second kappa shape index (κ2) is 4.14. The monoisotopic (exact) mass is 255 g/mol. The van der Waals surface area contributed by atoms with E-state index in [0.29, 0.717) is 5.92 Å². The fraction of sp³-hybridized carbons (Fsp3) is 0.545. The quantitative estimate of drug-likeness (QED) is 0.662. The first-order chi connectivity index (χ1) is 7.90. The predicted molar refractivity (Wildman–Crippen MR) is 66.3 cm³/mol. The van der Waals surface area contributed by atoms with Crippen molar-refractivity contribution in [2.24, 2.45) is 5.92 Å². The number of nitrogens with one attached hydrogen (secondary N) is 1. The number of hydrogen-bond donors (Lipinski definition) is 1. The second-order valence-corrected chi connectivity index (χ2v) is 5.34. The molecule has 0 bridgehead atoms. The Hall–Kier alpha value is -1.36. The van der Waals surface area contributed by atoms with Crippen LogP contribution in [-0.4, -0.2) is 15.4 Å². The summed E-state index contributed by atoms with van der Waals surface area (Å²) in [5, 5.41) is 14.3. The van der Waals surface area contributed by atoms with Crippen LogP contribution in [0.15, 0.2) is 12.3 Å². The first kappa shape index (κ1) is 12.1. The van der Waals surface area contributed by atoms with Crippen LogP contribution in [0.4, 0.5) is 11.5 Å².